The highest BCUT2D eigenvalue weighted by molar-refractivity contribution is 7.20. The van der Waals surface area contributed by atoms with Gasteiger partial charge in [0.15, 0.2) is 6.61 Å². The molecule has 6 nitrogen and oxygen atoms in total. The van der Waals surface area contributed by atoms with Gasteiger partial charge in [0.25, 0.3) is 5.91 Å². The number of amides is 1. The van der Waals surface area contributed by atoms with Crippen LogP contribution in [-0.4, -0.2) is 47.3 Å². The van der Waals surface area contributed by atoms with E-state index in [9.17, 15) is 9.59 Å². The smallest absolute Gasteiger partial charge is 0.348 e. The van der Waals surface area contributed by atoms with Crippen molar-refractivity contribution in [2.45, 2.75) is 6.92 Å². The van der Waals surface area contributed by atoms with Crippen molar-refractivity contribution in [3.8, 4) is 5.69 Å². The molecule has 0 aliphatic carbocycles. The van der Waals surface area contributed by atoms with Crippen molar-refractivity contribution in [3.05, 3.63) is 47.0 Å². The summed E-state index contributed by atoms with van der Waals surface area (Å²) in [6, 6.07) is 11.5. The maximum atomic E-state index is 12.2. The Morgan fingerprint density at radius 3 is 2.62 bits per heavy atom. The first-order valence-electron chi connectivity index (χ1n) is 7.39. The summed E-state index contributed by atoms with van der Waals surface area (Å²) in [6.45, 7) is 1.64. The molecule has 7 heteroatoms. The lowest BCUT2D eigenvalue weighted by Crippen LogP contribution is -2.27. The van der Waals surface area contributed by atoms with E-state index >= 15 is 0 Å². The van der Waals surface area contributed by atoms with Gasteiger partial charge < -0.3 is 9.64 Å². The van der Waals surface area contributed by atoms with Crippen LogP contribution in [0.2, 0.25) is 0 Å². The highest BCUT2D eigenvalue weighted by atomic mass is 32.1. The van der Waals surface area contributed by atoms with E-state index in [0.717, 1.165) is 21.6 Å². The van der Waals surface area contributed by atoms with E-state index in [4.69, 9.17) is 4.74 Å². The number of hydrogen-bond donors (Lipinski definition) is 0. The second kappa shape index (κ2) is 6.45. The number of aryl methyl sites for hydroxylation is 1. The Morgan fingerprint density at radius 1 is 1.25 bits per heavy atom. The second-order valence-corrected chi connectivity index (χ2v) is 6.56. The zero-order valence-electron chi connectivity index (χ0n) is 13.6. The minimum atomic E-state index is -0.495. The monoisotopic (exact) mass is 343 g/mol. The van der Waals surface area contributed by atoms with E-state index in [0.29, 0.717) is 4.88 Å². The molecule has 1 amide bonds. The molecule has 0 aliphatic rings. The van der Waals surface area contributed by atoms with Crippen LogP contribution in [0.1, 0.15) is 15.4 Å². The summed E-state index contributed by atoms with van der Waals surface area (Å²) < 4.78 is 6.90. The molecule has 3 rings (SSSR count). The van der Waals surface area contributed by atoms with Crippen LogP contribution >= 0.6 is 11.3 Å². The number of esters is 1. The molecule has 2 aromatic heterocycles. The average Bonchev–Trinajstić information content (AvgIpc) is 3.14. The predicted molar refractivity (Wildman–Crippen MR) is 92.7 cm³/mol. The van der Waals surface area contributed by atoms with Gasteiger partial charge in [-0.2, -0.15) is 5.10 Å². The van der Waals surface area contributed by atoms with Crippen LogP contribution in [0.25, 0.3) is 15.9 Å². The molecule has 0 aliphatic heterocycles. The number of hydrogen-bond acceptors (Lipinski definition) is 5. The highest BCUT2D eigenvalue weighted by Gasteiger charge is 2.19. The fourth-order valence-corrected chi connectivity index (χ4v) is 3.30. The van der Waals surface area contributed by atoms with Crippen molar-refractivity contribution in [1.82, 2.24) is 14.7 Å². The fourth-order valence-electron chi connectivity index (χ4n) is 2.22. The maximum Gasteiger partial charge on any atom is 0.348 e. The molecule has 2 heterocycles. The van der Waals surface area contributed by atoms with Crippen LogP contribution in [0.5, 0.6) is 0 Å². The molecule has 1 aromatic carbocycles. The zero-order valence-corrected chi connectivity index (χ0v) is 14.5. The number of likely N-dealkylation sites (N-methyl/N-ethyl adjacent to an activating group) is 1. The molecule has 3 aromatic rings. The Bertz CT molecular complexity index is 897. The predicted octanol–water partition coefficient (Wildman–Crippen LogP) is 2.64. The summed E-state index contributed by atoms with van der Waals surface area (Å²) >= 11 is 1.31. The maximum absolute atomic E-state index is 12.2. The van der Waals surface area contributed by atoms with Crippen LogP contribution in [0.4, 0.5) is 0 Å². The zero-order chi connectivity index (χ0) is 17.3. The van der Waals surface area contributed by atoms with Crippen molar-refractivity contribution in [3.63, 3.8) is 0 Å². The molecule has 0 spiro atoms. The third-order valence-corrected chi connectivity index (χ3v) is 4.66. The van der Waals surface area contributed by atoms with Crippen LogP contribution in [0, 0.1) is 6.92 Å². The fraction of sp³-hybridized carbons (Fsp3) is 0.235. The van der Waals surface area contributed by atoms with Gasteiger partial charge in [0.05, 0.1) is 11.4 Å². The van der Waals surface area contributed by atoms with Crippen LogP contribution in [0.15, 0.2) is 36.4 Å². The van der Waals surface area contributed by atoms with Crippen molar-refractivity contribution in [2.24, 2.45) is 0 Å². The topological polar surface area (TPSA) is 64.4 Å². The van der Waals surface area contributed by atoms with E-state index < -0.39 is 5.97 Å². The molecular weight excluding hydrogens is 326 g/mol. The number of aromatic nitrogens is 2. The van der Waals surface area contributed by atoms with Gasteiger partial charge >= 0.3 is 5.97 Å². The quantitative estimate of drug-likeness (QED) is 0.683. The van der Waals surface area contributed by atoms with Crippen LogP contribution in [0.3, 0.4) is 0 Å². The van der Waals surface area contributed by atoms with Gasteiger partial charge in [-0.3, -0.25) is 4.79 Å². The summed E-state index contributed by atoms with van der Waals surface area (Å²) in [4.78, 5) is 26.4. The number of para-hydroxylation sites is 1. The minimum Gasteiger partial charge on any atom is -0.451 e. The molecule has 0 fully saturated rings. The molecular formula is C17H17N3O3S. The highest BCUT2D eigenvalue weighted by Crippen LogP contribution is 2.30. The lowest BCUT2D eigenvalue weighted by Gasteiger charge is -2.09. The Morgan fingerprint density at radius 2 is 1.96 bits per heavy atom. The van der Waals surface area contributed by atoms with E-state index in [-0.39, 0.29) is 12.5 Å². The molecule has 0 radical (unpaired) electrons. The van der Waals surface area contributed by atoms with Gasteiger partial charge in [-0.1, -0.05) is 18.2 Å². The van der Waals surface area contributed by atoms with Gasteiger partial charge in [0.2, 0.25) is 0 Å². The molecule has 0 saturated carbocycles. The van der Waals surface area contributed by atoms with E-state index in [2.05, 4.69) is 5.10 Å². The lowest BCUT2D eigenvalue weighted by molar-refractivity contribution is -0.131. The number of fused-ring (bicyclic) bond motifs is 1. The van der Waals surface area contributed by atoms with Crippen LogP contribution < -0.4 is 0 Å². The molecule has 24 heavy (non-hydrogen) atoms. The molecule has 0 N–H and O–H groups in total. The summed E-state index contributed by atoms with van der Waals surface area (Å²) in [6.07, 6.45) is 0. The number of thiophene rings is 1. The van der Waals surface area contributed by atoms with Gasteiger partial charge in [-0.05, 0) is 25.1 Å². The Balaban J connectivity index is 1.89. The Hall–Kier alpha value is -2.67. The van der Waals surface area contributed by atoms with E-state index in [1.807, 2.05) is 41.9 Å². The van der Waals surface area contributed by atoms with Crippen molar-refractivity contribution < 1.29 is 14.3 Å². The number of carbonyl (C=O) groups excluding carboxylic acids is 2. The second-order valence-electron chi connectivity index (χ2n) is 5.53. The molecule has 0 bridgehead atoms. The molecule has 124 valence electrons. The normalized spacial score (nSPS) is 10.8. The number of carbonyl (C=O) groups is 2. The molecule has 0 atom stereocenters. The number of ether oxygens (including phenoxy) is 1. The van der Waals surface area contributed by atoms with Crippen molar-refractivity contribution >= 4 is 33.4 Å². The standard InChI is InChI=1S/C17H17N3O3S/c1-11-13-9-14(17(22)23-10-15(21)19(2)3)24-16(13)20(18-11)12-7-5-4-6-8-12/h4-9H,10H2,1-3H3. The van der Waals surface area contributed by atoms with Gasteiger partial charge in [-0.15, -0.1) is 11.3 Å². The van der Waals surface area contributed by atoms with E-state index in [1.165, 1.54) is 16.2 Å². The lowest BCUT2D eigenvalue weighted by atomic mass is 10.3. The first kappa shape index (κ1) is 16.2. The summed E-state index contributed by atoms with van der Waals surface area (Å²) in [5.74, 6) is -0.749. The van der Waals surface area contributed by atoms with Crippen molar-refractivity contribution in [2.75, 3.05) is 20.7 Å². The van der Waals surface area contributed by atoms with E-state index in [1.54, 1.807) is 20.2 Å². The Kier molecular flexibility index (Phi) is 4.35. The first-order valence-corrected chi connectivity index (χ1v) is 8.21. The third kappa shape index (κ3) is 3.03. The minimum absolute atomic E-state index is 0.254. The van der Waals surface area contributed by atoms with Crippen LogP contribution in [-0.2, 0) is 9.53 Å². The summed E-state index contributed by atoms with van der Waals surface area (Å²) in [7, 11) is 3.24. The molecule has 0 unspecified atom stereocenters. The SMILES string of the molecule is Cc1nn(-c2ccccc2)c2sc(C(=O)OCC(=O)N(C)C)cc12. The average molecular weight is 343 g/mol. The molecule has 0 saturated heterocycles. The van der Waals surface area contributed by atoms with Crippen molar-refractivity contribution in [1.29, 1.82) is 0 Å². The third-order valence-electron chi connectivity index (χ3n) is 3.57. The summed E-state index contributed by atoms with van der Waals surface area (Å²) in [5, 5.41) is 5.44. The number of nitrogens with zero attached hydrogens (tertiary/aromatic N) is 3. The largest absolute Gasteiger partial charge is 0.451 e. The van der Waals surface area contributed by atoms with Gasteiger partial charge in [0, 0.05) is 19.5 Å². The van der Waals surface area contributed by atoms with Gasteiger partial charge in [-0.25, -0.2) is 9.48 Å². The van der Waals surface area contributed by atoms with Gasteiger partial charge in [0.1, 0.15) is 9.71 Å². The summed E-state index contributed by atoms with van der Waals surface area (Å²) in [5.41, 5.74) is 1.77. The Labute approximate surface area is 143 Å². The first-order chi connectivity index (χ1) is 11.5. The number of benzene rings is 1. The number of rotatable bonds is 4.